The van der Waals surface area contributed by atoms with Crippen molar-refractivity contribution in [1.82, 2.24) is 59.8 Å². The van der Waals surface area contributed by atoms with Gasteiger partial charge in [-0.1, -0.05) is 216 Å². The van der Waals surface area contributed by atoms with Crippen LogP contribution in [0.1, 0.15) is 182 Å². The highest BCUT2D eigenvalue weighted by molar-refractivity contribution is 6.09. The maximum atomic E-state index is 4.62. The zero-order chi connectivity index (χ0) is 86.4. The van der Waals surface area contributed by atoms with Gasteiger partial charge in [-0.3, -0.25) is 59.8 Å². The Morgan fingerprint density at radius 2 is 0.458 bits per heavy atom. The van der Waals surface area contributed by atoms with Crippen LogP contribution in [0.15, 0.2) is 231 Å². The van der Waals surface area contributed by atoms with Gasteiger partial charge in [0.05, 0.1) is 49.7 Å². The highest BCUT2D eigenvalue weighted by Gasteiger charge is 2.10. The molecule has 0 fully saturated rings. The number of hydrogen-bond donors (Lipinski definition) is 0. The summed E-state index contributed by atoms with van der Waals surface area (Å²) in [6.07, 6.45) is 9.27. The Morgan fingerprint density at radius 3 is 0.847 bits per heavy atom. The average molecular weight is 1570 g/mol. The molecule has 0 N–H and O–H groups in total. The van der Waals surface area contributed by atoms with Crippen LogP contribution >= 0.6 is 0 Å². The van der Waals surface area contributed by atoms with Gasteiger partial charge < -0.3 is 0 Å². The number of nitrogens with zero attached hydrogens (tertiary/aromatic N) is 12. The van der Waals surface area contributed by atoms with E-state index < -0.39 is 0 Å². The van der Waals surface area contributed by atoms with Crippen molar-refractivity contribution in [2.75, 3.05) is 0 Å². The van der Waals surface area contributed by atoms with Crippen molar-refractivity contribution in [1.29, 1.82) is 0 Å². The van der Waals surface area contributed by atoms with Gasteiger partial charge in [-0.25, -0.2) is 0 Å². The fraction of sp³-hybridized carbons (Fsp3) is 0.321. The zero-order valence-corrected chi connectivity index (χ0v) is 75.8. The molecule has 0 atom stereocenters. The first-order chi connectivity index (χ1) is 56.0. The molecule has 12 heterocycles. The Kier molecular flexibility index (Phi) is 36.1. The van der Waals surface area contributed by atoms with Crippen LogP contribution in [0.4, 0.5) is 0 Å². The molecule has 12 nitrogen and oxygen atoms in total. The first-order valence-corrected chi connectivity index (χ1v) is 41.8. The van der Waals surface area contributed by atoms with Crippen molar-refractivity contribution in [3.8, 4) is 0 Å². The van der Waals surface area contributed by atoms with E-state index in [0.717, 1.165) is 174 Å². The molecule has 6 aromatic carbocycles. The summed E-state index contributed by atoms with van der Waals surface area (Å²) in [7, 11) is 0. The number of pyridine rings is 12. The highest BCUT2D eigenvalue weighted by atomic mass is 14.8. The van der Waals surface area contributed by atoms with Crippen molar-refractivity contribution in [3.05, 3.63) is 288 Å². The van der Waals surface area contributed by atoms with Crippen LogP contribution in [0.2, 0.25) is 0 Å². The molecule has 12 aromatic heterocycles. The number of hydrogen-bond acceptors (Lipinski definition) is 12. The van der Waals surface area contributed by atoms with Gasteiger partial charge in [0, 0.05) is 169 Å². The Hall–Kier alpha value is -11.8. The van der Waals surface area contributed by atoms with Crippen molar-refractivity contribution >= 4 is 130 Å². The van der Waals surface area contributed by atoms with Crippen LogP contribution in [0.25, 0.3) is 130 Å². The van der Waals surface area contributed by atoms with Gasteiger partial charge in [-0.15, -0.1) is 0 Å². The molecular formula is C106H128N12. The van der Waals surface area contributed by atoms with Crippen molar-refractivity contribution < 1.29 is 0 Å². The monoisotopic (exact) mass is 1570 g/mol. The van der Waals surface area contributed by atoms with Crippen LogP contribution in [0, 0.1) is 105 Å². The van der Waals surface area contributed by atoms with Gasteiger partial charge in [0.1, 0.15) is 0 Å². The second-order valence-electron chi connectivity index (χ2n) is 34.2. The first kappa shape index (κ1) is 93.4. The van der Waals surface area contributed by atoms with E-state index in [1.165, 1.54) is 48.5 Å². The van der Waals surface area contributed by atoms with Crippen LogP contribution in [0.3, 0.4) is 0 Å². The summed E-state index contributed by atoms with van der Waals surface area (Å²) in [4.78, 5) is 53.6. The molecule has 0 amide bonds. The number of fused-ring (bicyclic) bond motifs is 18. The molecule has 0 radical (unpaired) electrons. The van der Waals surface area contributed by atoms with E-state index >= 15 is 0 Å². The fourth-order valence-electron chi connectivity index (χ4n) is 11.8. The quantitative estimate of drug-likeness (QED) is 0.133. The standard InChI is InChI=1S/4C14H12N2.2C13H10N2.6C4H10/c2*1-9-4-7-12-13(15-9)8-6-11-5-3-10(2)16-14(11)12;1-9-3-4-11-5-6-12-8-15-10(2)7-13(12)14(11)16-9;1-9-3-4-11-5-6-12-10(2)15-8-7-13(12)14(11)16-9;1-9-4-6-11-12(15-9)7-5-10-3-2-8-14-13(10)11;1-9-2-3-10-4-5-11-8-14-7-6-12(11)13(10)15-9;6*1-4(2)3/h4*3-8H,1-2H3;2*2-8H,1H3;6*4H,1-3H3. The lowest BCUT2D eigenvalue weighted by molar-refractivity contribution is 0.736. The molecule has 0 saturated carbocycles. The SMILES string of the molecule is CC(C)C.CC(C)C.CC(C)C.CC(C)C.CC(C)C.CC(C)C.Cc1cc2c(ccc3ccc(C)nc32)cn1.Cc1ccc2c(ccc3ccc(C)nc32)n1.Cc1ccc2c(ccc3ccc(C)nc32)n1.Cc1ccc2c(ccc3cccnc32)n1.Cc1ccc2ccc3c(C)nccc3c2n1.Cc1ccc2ccc3cnccc3c2n1. The molecular weight excluding hydrogens is 1440 g/mol. The van der Waals surface area contributed by atoms with Crippen LogP contribution < -0.4 is 0 Å². The second-order valence-corrected chi connectivity index (χ2v) is 34.2. The number of benzene rings is 6. The van der Waals surface area contributed by atoms with E-state index in [4.69, 9.17) is 0 Å². The van der Waals surface area contributed by atoms with Crippen molar-refractivity contribution in [2.24, 2.45) is 35.5 Å². The molecule has 0 saturated heterocycles. The predicted octanol–water partition coefficient (Wildman–Crippen LogP) is 29.8. The minimum Gasteiger partial charge on any atom is -0.264 e. The van der Waals surface area contributed by atoms with E-state index in [0.29, 0.717) is 0 Å². The van der Waals surface area contributed by atoms with E-state index in [2.05, 4.69) is 312 Å². The smallest absolute Gasteiger partial charge is 0.0799 e. The summed E-state index contributed by atoms with van der Waals surface area (Å²) in [6, 6.07) is 68.3. The highest BCUT2D eigenvalue weighted by Crippen LogP contribution is 2.30. The van der Waals surface area contributed by atoms with E-state index in [1.807, 2.05) is 173 Å². The Morgan fingerprint density at radius 1 is 0.186 bits per heavy atom. The molecule has 0 aliphatic heterocycles. The first-order valence-electron chi connectivity index (χ1n) is 41.8. The maximum Gasteiger partial charge on any atom is 0.0799 e. The molecule has 0 aliphatic carbocycles. The topological polar surface area (TPSA) is 155 Å². The van der Waals surface area contributed by atoms with Crippen LogP contribution in [0.5, 0.6) is 0 Å². The molecule has 118 heavy (non-hydrogen) atoms. The van der Waals surface area contributed by atoms with Crippen LogP contribution in [-0.4, -0.2) is 59.8 Å². The Labute approximate surface area is 703 Å². The number of aryl methyl sites for hydroxylation is 10. The van der Waals surface area contributed by atoms with Crippen LogP contribution in [-0.2, 0) is 0 Å². The minimum absolute atomic E-state index is 0.833. The van der Waals surface area contributed by atoms with Gasteiger partial charge in [-0.05, 0) is 214 Å². The summed E-state index contributed by atoms with van der Waals surface area (Å²) >= 11 is 0. The molecule has 0 aliphatic rings. The molecule has 18 aromatic rings. The molecule has 0 unspecified atom stereocenters. The molecule has 0 bridgehead atoms. The third-order valence-electron chi connectivity index (χ3n) is 16.6. The number of aromatic nitrogens is 12. The average Bonchev–Trinajstić information content (AvgIpc) is 0.819. The van der Waals surface area contributed by atoms with E-state index in [9.17, 15) is 0 Å². The molecule has 12 heteroatoms. The molecule has 18 rings (SSSR count). The Balaban J connectivity index is 0.000000185. The largest absolute Gasteiger partial charge is 0.264 e. The lowest BCUT2D eigenvalue weighted by Gasteiger charge is -2.05. The summed E-state index contributed by atoms with van der Waals surface area (Å²) in [5.74, 6) is 5.00. The maximum absolute atomic E-state index is 4.62. The van der Waals surface area contributed by atoms with E-state index in [-0.39, 0.29) is 0 Å². The summed E-state index contributed by atoms with van der Waals surface area (Å²) in [6.45, 7) is 59.1. The minimum atomic E-state index is 0.833. The number of rotatable bonds is 0. The lowest BCUT2D eigenvalue weighted by atomic mass is 10.1. The fourth-order valence-corrected chi connectivity index (χ4v) is 11.8. The van der Waals surface area contributed by atoms with Gasteiger partial charge in [0.2, 0.25) is 0 Å². The summed E-state index contributed by atoms with van der Waals surface area (Å²) in [5, 5.41) is 17.5. The van der Waals surface area contributed by atoms with Gasteiger partial charge >= 0.3 is 0 Å². The third kappa shape index (κ3) is 29.1. The summed E-state index contributed by atoms with van der Waals surface area (Å²) in [5.41, 5.74) is 19.8. The van der Waals surface area contributed by atoms with Crippen molar-refractivity contribution in [2.45, 2.75) is 194 Å². The normalized spacial score (nSPS) is 10.7. The van der Waals surface area contributed by atoms with Crippen molar-refractivity contribution in [3.63, 3.8) is 0 Å². The van der Waals surface area contributed by atoms with Gasteiger partial charge in [0.15, 0.2) is 0 Å². The zero-order valence-electron chi connectivity index (χ0n) is 75.8. The molecule has 0 spiro atoms. The van der Waals surface area contributed by atoms with Gasteiger partial charge in [0.25, 0.3) is 0 Å². The third-order valence-corrected chi connectivity index (χ3v) is 16.6. The summed E-state index contributed by atoms with van der Waals surface area (Å²) < 4.78 is 0. The lowest BCUT2D eigenvalue weighted by Crippen LogP contribution is -1.88. The molecule has 612 valence electrons. The second kappa shape index (κ2) is 45.7. The Bertz CT molecular complexity index is 5950. The van der Waals surface area contributed by atoms with E-state index in [1.54, 1.807) is 0 Å². The van der Waals surface area contributed by atoms with Gasteiger partial charge in [-0.2, -0.15) is 0 Å². The predicted molar refractivity (Wildman–Crippen MR) is 513 cm³/mol.